The number of aliphatic hydroxyl groups is 3. The highest BCUT2D eigenvalue weighted by Gasteiger charge is 2.76. The summed E-state index contributed by atoms with van der Waals surface area (Å²) in [5, 5.41) is 55.1. The van der Waals surface area contributed by atoms with E-state index in [2.05, 4.69) is 4.84 Å². The van der Waals surface area contributed by atoms with E-state index in [0.29, 0.717) is 17.6 Å². The lowest BCUT2D eigenvalue weighted by Gasteiger charge is -2.62. The van der Waals surface area contributed by atoms with Crippen LogP contribution in [0.5, 0.6) is 0 Å². The van der Waals surface area contributed by atoms with E-state index in [0.717, 1.165) is 0 Å². The third kappa shape index (κ3) is 5.92. The van der Waals surface area contributed by atoms with Crippen molar-refractivity contribution in [2.24, 2.45) is 22.7 Å². The number of carboxylic acids is 1. The molecule has 270 valence electrons. The van der Waals surface area contributed by atoms with Gasteiger partial charge in [-0.05, 0) is 68.4 Å². The molecule has 1 amide bonds. The van der Waals surface area contributed by atoms with E-state index in [1.54, 1.807) is 6.92 Å². The van der Waals surface area contributed by atoms with Gasteiger partial charge < -0.3 is 40.1 Å². The smallest absolute Gasteiger partial charge is 0.408 e. The lowest BCUT2D eigenvalue weighted by atomic mass is 9.44. The summed E-state index contributed by atoms with van der Waals surface area (Å²) in [5.74, 6) is -5.78. The van der Waals surface area contributed by atoms with Crippen LogP contribution in [0.3, 0.4) is 0 Å². The minimum absolute atomic E-state index is 0.0373. The Bertz CT molecular complexity index is 1660. The molecule has 50 heavy (non-hydrogen) atoms. The molecule has 16 nitrogen and oxygen atoms in total. The number of carbonyl (C=O) groups is 5. The average Bonchev–Trinajstić information content (AvgIpc) is 3.26. The van der Waals surface area contributed by atoms with Crippen molar-refractivity contribution < 1.29 is 68.2 Å². The maximum absolute atomic E-state index is 17.3. The fourth-order valence-electron chi connectivity index (χ4n) is 8.44. The van der Waals surface area contributed by atoms with E-state index in [-0.39, 0.29) is 30.8 Å². The summed E-state index contributed by atoms with van der Waals surface area (Å²) in [7, 11) is 0. The second-order valence-corrected chi connectivity index (χ2v) is 13.6. The number of esters is 1. The minimum Gasteiger partial charge on any atom is -0.480 e. The number of benzene rings is 1. The van der Waals surface area contributed by atoms with E-state index >= 15 is 4.39 Å². The molecule has 5 N–H and O–H groups in total. The van der Waals surface area contributed by atoms with Crippen LogP contribution in [0.2, 0.25) is 0 Å². The molecule has 0 heterocycles. The Morgan fingerprint density at radius 3 is 2.42 bits per heavy atom. The Balaban J connectivity index is 1.21. The van der Waals surface area contributed by atoms with Gasteiger partial charge in [0.25, 0.3) is 5.09 Å². The highest BCUT2D eigenvalue weighted by Crippen LogP contribution is 2.69. The molecule has 9 atom stereocenters. The van der Waals surface area contributed by atoms with Crippen molar-refractivity contribution in [3.05, 3.63) is 69.3 Å². The van der Waals surface area contributed by atoms with Gasteiger partial charge in [-0.1, -0.05) is 30.7 Å². The highest BCUT2D eigenvalue weighted by atomic mass is 19.1. The van der Waals surface area contributed by atoms with Crippen molar-refractivity contribution in [3.8, 4) is 0 Å². The van der Waals surface area contributed by atoms with E-state index in [1.165, 1.54) is 49.4 Å². The minimum atomic E-state index is -2.58. The fraction of sp³-hybridized carbons (Fsp3) is 0.545. The quantitative estimate of drug-likeness (QED) is 0.124. The third-order valence-electron chi connectivity index (χ3n) is 11.1. The number of halogens is 1. The molecule has 0 aromatic heterocycles. The van der Waals surface area contributed by atoms with Gasteiger partial charge in [0, 0.05) is 16.7 Å². The zero-order chi connectivity index (χ0) is 36.8. The second kappa shape index (κ2) is 13.2. The topological polar surface area (TPSA) is 249 Å². The molecule has 1 aromatic rings. The molecule has 17 heteroatoms. The molecule has 3 saturated carbocycles. The van der Waals surface area contributed by atoms with Gasteiger partial charge in [0.2, 0.25) is 5.78 Å². The molecule has 0 aliphatic heterocycles. The van der Waals surface area contributed by atoms with Gasteiger partial charge in [-0.2, -0.15) is 0 Å². The number of alkyl carbamates (subject to hydrolysis) is 1. The number of ether oxygens (including phenoxy) is 2. The summed E-state index contributed by atoms with van der Waals surface area (Å²) in [6.07, 6.45) is -0.953. The van der Waals surface area contributed by atoms with Crippen LogP contribution in [-0.2, 0) is 35.3 Å². The van der Waals surface area contributed by atoms with Crippen LogP contribution < -0.4 is 5.32 Å². The number of rotatable bonds is 11. The normalized spacial score (nSPS) is 34.6. The zero-order valence-corrected chi connectivity index (χ0v) is 27.1. The van der Waals surface area contributed by atoms with Gasteiger partial charge in [-0.3, -0.25) is 9.59 Å². The van der Waals surface area contributed by atoms with Gasteiger partial charge in [-0.15, -0.1) is 10.1 Å². The Morgan fingerprint density at radius 2 is 1.78 bits per heavy atom. The lowest BCUT2D eigenvalue weighted by Crippen LogP contribution is -2.69. The van der Waals surface area contributed by atoms with E-state index in [1.807, 2.05) is 5.32 Å². The Morgan fingerprint density at radius 1 is 1.10 bits per heavy atom. The largest absolute Gasteiger partial charge is 0.480 e. The number of hydrogen-bond donors (Lipinski definition) is 5. The summed E-state index contributed by atoms with van der Waals surface area (Å²) in [5.41, 5.74) is -6.91. The van der Waals surface area contributed by atoms with Gasteiger partial charge in [0.1, 0.15) is 13.2 Å². The van der Waals surface area contributed by atoms with Crippen molar-refractivity contribution >= 4 is 29.6 Å². The van der Waals surface area contributed by atoms with Crippen LogP contribution >= 0.6 is 0 Å². The number of nitrogens with one attached hydrogen (secondary N) is 1. The van der Waals surface area contributed by atoms with Crippen LogP contribution in [0.25, 0.3) is 0 Å². The van der Waals surface area contributed by atoms with Gasteiger partial charge in [-0.25, -0.2) is 18.8 Å². The number of hydrogen-bond acceptors (Lipinski definition) is 13. The summed E-state index contributed by atoms with van der Waals surface area (Å²) in [6, 6.07) is 3.38. The monoisotopic (exact) mass is 704 g/mol. The summed E-state index contributed by atoms with van der Waals surface area (Å²) in [4.78, 5) is 76.8. The number of amides is 1. The first-order valence-corrected chi connectivity index (χ1v) is 15.8. The van der Waals surface area contributed by atoms with Crippen molar-refractivity contribution in [1.29, 1.82) is 0 Å². The Labute approximate surface area is 284 Å². The highest BCUT2D eigenvalue weighted by molar-refractivity contribution is 6.01. The number of carbonyl (C=O) groups excluding carboxylic acids is 4. The molecule has 1 unspecified atom stereocenters. The van der Waals surface area contributed by atoms with Gasteiger partial charge >= 0.3 is 18.0 Å². The molecule has 0 spiro atoms. The molecular formula is C33H37FN2O14. The van der Waals surface area contributed by atoms with Crippen LogP contribution in [0.4, 0.5) is 9.18 Å². The number of fused-ring (bicyclic) bond motifs is 5. The van der Waals surface area contributed by atoms with Crippen LogP contribution in [0, 0.1) is 32.8 Å². The van der Waals surface area contributed by atoms with E-state index < -0.39 is 101 Å². The van der Waals surface area contributed by atoms with Gasteiger partial charge in [0.15, 0.2) is 29.7 Å². The van der Waals surface area contributed by atoms with Crippen LogP contribution in [0.1, 0.15) is 55.5 Å². The molecule has 0 radical (unpaired) electrons. The first-order valence-electron chi connectivity index (χ1n) is 15.8. The molecule has 1 aromatic carbocycles. The van der Waals surface area contributed by atoms with Crippen LogP contribution in [0.15, 0.2) is 48.1 Å². The first-order chi connectivity index (χ1) is 23.4. The van der Waals surface area contributed by atoms with Gasteiger partial charge in [0.05, 0.1) is 17.8 Å². The summed E-state index contributed by atoms with van der Waals surface area (Å²) < 4.78 is 27.2. The predicted molar refractivity (Wildman–Crippen MR) is 164 cm³/mol. The zero-order valence-electron chi connectivity index (χ0n) is 27.1. The van der Waals surface area contributed by atoms with Crippen LogP contribution in [-0.4, -0.2) is 97.8 Å². The number of Topliss-reactive ketones (excluding diaryl/α,β-unsaturated/α-hetero) is 1. The molecule has 0 bridgehead atoms. The van der Waals surface area contributed by atoms with E-state index in [9.17, 15) is 54.5 Å². The standard InChI is InChI=1S/C33H37FN2O14/c1-30-10-9-20(37)11-19(30)7-8-21-22-12-24(38)33(45,31(22,2)13-25(39)32(21,30)34)26(40)16-49-29(44)35-23(27(41)42)15-48-28(43)18-5-3-17(4-6-18)14-50-36(46)47/h3-6,9-11,21-25,38-39,45H,7-8,12-16H2,1-2H3,(H,35,44)(H,41,42)/t21-,22-,23?,24+,25-,30-,31-,32-,33-/m0/s1. The van der Waals surface area contributed by atoms with E-state index in [4.69, 9.17) is 9.47 Å². The lowest BCUT2D eigenvalue weighted by molar-refractivity contribution is -0.763. The third-order valence-corrected chi connectivity index (χ3v) is 11.1. The number of ketones is 2. The Hall–Kier alpha value is -4.74. The molecule has 3 fully saturated rings. The second-order valence-electron chi connectivity index (χ2n) is 13.6. The number of aliphatic hydroxyl groups excluding tert-OH is 2. The molecule has 0 saturated heterocycles. The maximum atomic E-state index is 17.3. The Kier molecular flexibility index (Phi) is 9.64. The predicted octanol–water partition coefficient (Wildman–Crippen LogP) is 1.37. The SMILES string of the molecule is C[C@]12C=CC(=O)C=C1CC[C@H]1[C@@H]3C[C@@H](O)[C@](O)(C(=O)COC(=O)NC(COC(=O)c4ccc(CO[N+](=O)[O-])cc4)C(=O)O)[C@@]3(C)C[C@H](O)[C@@]12F. The number of allylic oxidation sites excluding steroid dienone is 4. The number of nitrogens with zero attached hydrogens (tertiary/aromatic N) is 1. The molecular weight excluding hydrogens is 667 g/mol. The van der Waals surface area contributed by atoms with Crippen molar-refractivity contribution in [2.45, 2.75) is 75.7 Å². The summed E-state index contributed by atoms with van der Waals surface area (Å²) >= 11 is 0. The molecule has 4 aliphatic carbocycles. The maximum Gasteiger partial charge on any atom is 0.408 e. The summed E-state index contributed by atoms with van der Waals surface area (Å²) in [6.45, 7) is 0.699. The molecule has 5 rings (SSSR count). The van der Waals surface area contributed by atoms with Crippen molar-refractivity contribution in [3.63, 3.8) is 0 Å². The number of carboxylic acid groups (broad SMARTS) is 1. The number of aliphatic carboxylic acids is 1. The van der Waals surface area contributed by atoms with Crippen molar-refractivity contribution in [1.82, 2.24) is 5.32 Å². The number of alkyl halides is 1. The fourth-order valence-corrected chi connectivity index (χ4v) is 8.44. The molecule has 4 aliphatic rings. The van der Waals surface area contributed by atoms with Crippen molar-refractivity contribution in [2.75, 3.05) is 13.2 Å². The first kappa shape index (κ1) is 36.5. The average molecular weight is 705 g/mol.